The number of thioether (sulfide) groups is 3. The second kappa shape index (κ2) is 30.5. The number of carbonyl (C=O) groups is 5. The second-order valence-electron chi connectivity index (χ2n) is 16.2. The van der Waals surface area contributed by atoms with Gasteiger partial charge in [0.15, 0.2) is 0 Å². The van der Waals surface area contributed by atoms with Gasteiger partial charge < -0.3 is 102 Å². The molecule has 3 rings (SSSR count). The van der Waals surface area contributed by atoms with Crippen LogP contribution in [0.15, 0.2) is 0 Å². The van der Waals surface area contributed by atoms with Crippen molar-refractivity contribution in [3.63, 3.8) is 0 Å². The van der Waals surface area contributed by atoms with Crippen molar-refractivity contribution in [3.8, 4) is 0 Å². The molecule has 0 radical (unpaired) electrons. The average molecular weight is 1030 g/mol. The van der Waals surface area contributed by atoms with Crippen LogP contribution in [-0.2, 0) is 38.2 Å². The van der Waals surface area contributed by atoms with Crippen molar-refractivity contribution >= 4 is 64.9 Å². The quantitative estimate of drug-likeness (QED) is 0.0310. The van der Waals surface area contributed by atoms with Crippen LogP contribution in [0, 0.1) is 0 Å². The average Bonchev–Trinajstić information content (AvgIpc) is 3.30. The monoisotopic (exact) mass is 1020 g/mol. The number of carboxylic acid groups (broad SMARTS) is 1. The number of rotatable bonds is 29. The summed E-state index contributed by atoms with van der Waals surface area (Å²) < 4.78 is 16.3. The normalized spacial score (nSPS) is 33.0. The second-order valence-corrected chi connectivity index (χ2v) is 19.8. The van der Waals surface area contributed by atoms with Crippen LogP contribution in [0.2, 0.25) is 0 Å². The number of aliphatic hydroxyl groups is 12. The first-order valence-electron chi connectivity index (χ1n) is 22.0. The lowest BCUT2D eigenvalue weighted by Gasteiger charge is -2.39. The van der Waals surface area contributed by atoms with Gasteiger partial charge in [0.25, 0.3) is 0 Å². The highest BCUT2D eigenvalue weighted by atomic mass is 32.2. The van der Waals surface area contributed by atoms with Gasteiger partial charge in [0, 0.05) is 49.6 Å². The van der Waals surface area contributed by atoms with E-state index in [1.165, 1.54) is 0 Å². The number of aliphatic carboxylic acids is 1. The number of carboxylic acids is 1. The lowest BCUT2D eigenvalue weighted by Crippen LogP contribution is -2.57. The fourth-order valence-electron chi connectivity index (χ4n) is 7.06. The fourth-order valence-corrected chi connectivity index (χ4v) is 10.4. The van der Waals surface area contributed by atoms with Crippen LogP contribution in [0.4, 0.5) is 0 Å². The molecule has 3 aliphatic heterocycles. The highest BCUT2D eigenvalue weighted by Gasteiger charge is 2.46. The maximum Gasteiger partial charge on any atom is 0.326 e. The summed E-state index contributed by atoms with van der Waals surface area (Å²) in [4.78, 5) is 63.6. The molecule has 3 heterocycles. The van der Waals surface area contributed by atoms with Gasteiger partial charge in [-0.3, -0.25) is 19.2 Å². The van der Waals surface area contributed by atoms with Crippen LogP contribution in [0.1, 0.15) is 57.8 Å². The van der Waals surface area contributed by atoms with E-state index in [-0.39, 0.29) is 87.1 Å². The SMILES string of the molecule is O=C(CCSC1OC(CO)C(O)C(O)C1O)NCCCCC(NC(=O)[C@@H](CCCCNC(=O)CCSC1OC(CO)C(O)C(O)C1O)NC(=O)CCSC1OC(CO)C(O)C(O)C1O)C(=O)O. The van der Waals surface area contributed by atoms with Gasteiger partial charge in [-0.2, -0.15) is 0 Å². The van der Waals surface area contributed by atoms with E-state index in [0.29, 0.717) is 12.8 Å². The van der Waals surface area contributed by atoms with Gasteiger partial charge in [0.05, 0.1) is 19.8 Å². The summed E-state index contributed by atoms with van der Waals surface area (Å²) >= 11 is 2.96. The number of unbranched alkanes of at least 4 members (excludes halogenated alkanes) is 2. The largest absolute Gasteiger partial charge is 0.480 e. The summed E-state index contributed by atoms with van der Waals surface area (Å²) in [6.07, 6.45) is -16.1. The van der Waals surface area contributed by atoms with E-state index in [4.69, 9.17) is 14.2 Å². The Hall–Kier alpha value is -2.20. The van der Waals surface area contributed by atoms with Gasteiger partial charge in [-0.05, 0) is 38.5 Å². The van der Waals surface area contributed by atoms with Crippen LogP contribution in [-0.4, -0.2) is 248 Å². The summed E-state index contributed by atoms with van der Waals surface area (Å²) in [5.74, 6) is -3.18. The number of carbonyl (C=O) groups excluding carboxylic acids is 4. The highest BCUT2D eigenvalue weighted by Crippen LogP contribution is 2.31. The summed E-state index contributed by atoms with van der Waals surface area (Å²) in [5.41, 5.74) is -3.09. The predicted molar refractivity (Wildman–Crippen MR) is 238 cm³/mol. The van der Waals surface area contributed by atoms with Crippen molar-refractivity contribution < 1.29 is 105 Å². The molecule has 0 aromatic carbocycles. The van der Waals surface area contributed by atoms with E-state index in [1.807, 2.05) is 0 Å². The molecule has 388 valence electrons. The smallest absolute Gasteiger partial charge is 0.326 e. The Morgan fingerprint density at radius 3 is 1.13 bits per heavy atom. The fraction of sp³-hybridized carbons (Fsp3) is 0.872. The van der Waals surface area contributed by atoms with E-state index < -0.39 is 139 Å². The summed E-state index contributed by atoms with van der Waals surface area (Å²) in [6, 6.07) is -2.60. The van der Waals surface area contributed by atoms with Gasteiger partial charge in [0.2, 0.25) is 23.6 Å². The lowest BCUT2D eigenvalue weighted by atomic mass is 10.0. The van der Waals surface area contributed by atoms with Gasteiger partial charge in [-0.25, -0.2) is 4.79 Å². The van der Waals surface area contributed by atoms with E-state index in [9.17, 15) is 90.4 Å². The molecule has 3 fully saturated rings. The van der Waals surface area contributed by atoms with Gasteiger partial charge in [-0.1, -0.05) is 0 Å². The minimum atomic E-state index is -1.61. The standard InChI is InChI=1S/C39H68N4O21S3/c44-15-20-26(50)29(53)32(56)37(62-20)65-12-7-23(47)40-10-3-1-5-18(42-25(49)9-14-67-39-34(58)31(55)28(52)22(17-46)64-39)35(59)43-19(36(60)61)6-2-4-11-41-24(48)8-13-66-38-33(57)30(54)27(51)21(16-45)63-38/h18-22,26-34,37-39,44-46,50-58H,1-17H2,(H,40,47)(H,41,48)(H,42,49)(H,43,59)(H,60,61)/t18-,19?,20?,21?,22?,26?,27?,28?,29?,30?,31?,32?,33?,34?,37?,38?,39?/m1/s1. The number of aliphatic hydroxyl groups excluding tert-OH is 12. The van der Waals surface area contributed by atoms with E-state index in [2.05, 4.69) is 21.3 Å². The molecule has 67 heavy (non-hydrogen) atoms. The minimum Gasteiger partial charge on any atom is -0.480 e. The van der Waals surface area contributed by atoms with Gasteiger partial charge >= 0.3 is 5.97 Å². The zero-order valence-corrected chi connectivity index (χ0v) is 39.1. The van der Waals surface area contributed by atoms with Gasteiger partial charge in [-0.15, -0.1) is 35.3 Å². The third-order valence-electron chi connectivity index (χ3n) is 11.1. The molecular weight excluding hydrogens is 957 g/mol. The van der Waals surface area contributed by atoms with Crippen LogP contribution in [0.25, 0.3) is 0 Å². The number of hydrogen-bond donors (Lipinski definition) is 17. The Morgan fingerprint density at radius 2 is 0.791 bits per heavy atom. The maximum atomic E-state index is 13.5. The molecule has 0 aliphatic carbocycles. The molecule has 0 aromatic rings. The molecular formula is C39H68N4O21S3. The first-order valence-corrected chi connectivity index (χ1v) is 25.1. The van der Waals surface area contributed by atoms with E-state index in [1.54, 1.807) is 0 Å². The Bertz CT molecular complexity index is 1530. The number of amides is 4. The topological polar surface area (TPSA) is 424 Å². The lowest BCUT2D eigenvalue weighted by molar-refractivity contribution is -0.205. The summed E-state index contributed by atoms with van der Waals surface area (Å²) in [5, 5.41) is 139. The summed E-state index contributed by atoms with van der Waals surface area (Å²) in [6.45, 7) is -1.49. The Kier molecular flexibility index (Phi) is 26.9. The highest BCUT2D eigenvalue weighted by molar-refractivity contribution is 8.00. The van der Waals surface area contributed by atoms with E-state index in [0.717, 1.165) is 35.3 Å². The zero-order chi connectivity index (χ0) is 49.8. The van der Waals surface area contributed by atoms with Crippen LogP contribution in [0.3, 0.4) is 0 Å². The Labute approximate surface area is 399 Å². The van der Waals surface area contributed by atoms with Crippen molar-refractivity contribution in [2.75, 3.05) is 50.2 Å². The van der Waals surface area contributed by atoms with Crippen molar-refractivity contribution in [2.45, 2.75) is 159 Å². The third kappa shape index (κ3) is 18.8. The minimum absolute atomic E-state index is 0.00685. The molecule has 0 spiro atoms. The zero-order valence-electron chi connectivity index (χ0n) is 36.6. The number of nitrogens with one attached hydrogen (secondary N) is 4. The molecule has 17 atom stereocenters. The molecule has 16 unspecified atom stereocenters. The van der Waals surface area contributed by atoms with Crippen molar-refractivity contribution in [2.24, 2.45) is 0 Å². The third-order valence-corrected chi connectivity index (χ3v) is 14.6. The first kappa shape index (κ1) is 59.1. The van der Waals surface area contributed by atoms with Crippen LogP contribution in [0.5, 0.6) is 0 Å². The number of ether oxygens (including phenoxy) is 3. The molecule has 3 aliphatic rings. The molecule has 0 aromatic heterocycles. The maximum absolute atomic E-state index is 13.5. The Balaban J connectivity index is 1.46. The van der Waals surface area contributed by atoms with E-state index >= 15 is 0 Å². The summed E-state index contributed by atoms with van der Waals surface area (Å²) in [7, 11) is 0. The van der Waals surface area contributed by atoms with Crippen LogP contribution >= 0.6 is 35.3 Å². The van der Waals surface area contributed by atoms with Crippen molar-refractivity contribution in [3.05, 3.63) is 0 Å². The van der Waals surface area contributed by atoms with Crippen LogP contribution < -0.4 is 21.3 Å². The van der Waals surface area contributed by atoms with Crippen molar-refractivity contribution in [1.82, 2.24) is 21.3 Å². The molecule has 17 N–H and O–H groups in total. The van der Waals surface area contributed by atoms with Crippen molar-refractivity contribution in [1.29, 1.82) is 0 Å². The molecule has 4 amide bonds. The predicted octanol–water partition coefficient (Wildman–Crippen LogP) is -6.62. The number of hydrogen-bond acceptors (Lipinski definition) is 23. The Morgan fingerprint density at radius 1 is 0.448 bits per heavy atom. The molecule has 28 heteroatoms. The van der Waals surface area contributed by atoms with Gasteiger partial charge in [0.1, 0.15) is 102 Å². The molecule has 0 bridgehead atoms. The molecule has 0 saturated carbocycles. The first-order chi connectivity index (χ1) is 31.8. The molecule has 25 nitrogen and oxygen atoms in total. The molecule has 3 saturated heterocycles.